The van der Waals surface area contributed by atoms with Gasteiger partial charge in [-0.05, 0) is 107 Å². The molecule has 0 aromatic carbocycles. The van der Waals surface area contributed by atoms with E-state index in [2.05, 4.69) is 33.8 Å². The summed E-state index contributed by atoms with van der Waals surface area (Å²) in [7, 11) is 0. The summed E-state index contributed by atoms with van der Waals surface area (Å²) in [6.07, 6.45) is 19.5. The van der Waals surface area contributed by atoms with E-state index < -0.39 is 11.2 Å². The third-order valence-electron chi connectivity index (χ3n) is 10.4. The van der Waals surface area contributed by atoms with Crippen molar-refractivity contribution < 1.29 is 10.2 Å². The van der Waals surface area contributed by atoms with E-state index in [4.69, 9.17) is 0 Å². The summed E-state index contributed by atoms with van der Waals surface area (Å²) in [4.78, 5) is 0. The number of hydrogen-bond donors (Lipinski definition) is 2. The summed E-state index contributed by atoms with van der Waals surface area (Å²) in [5, 5.41) is 21.0. The average molecular weight is 447 g/mol. The van der Waals surface area contributed by atoms with Gasteiger partial charge in [0.1, 0.15) is 0 Å². The summed E-state index contributed by atoms with van der Waals surface area (Å²) in [5.41, 5.74) is 0.981. The Morgan fingerprint density at radius 1 is 1.16 bits per heavy atom. The van der Waals surface area contributed by atoms with Crippen LogP contribution >= 0.6 is 0 Å². The van der Waals surface area contributed by atoms with Crippen LogP contribution in [0, 0.1) is 35.0 Å². The van der Waals surface area contributed by atoms with E-state index in [-0.39, 0.29) is 0 Å². The fourth-order valence-electron chi connectivity index (χ4n) is 7.88. The molecular weight excluding hydrogens is 392 g/mol. The van der Waals surface area contributed by atoms with Crippen LogP contribution in [0.2, 0.25) is 0 Å². The first-order chi connectivity index (χ1) is 15.0. The molecule has 0 heterocycles. The van der Waals surface area contributed by atoms with E-state index in [9.17, 15) is 10.2 Å². The fraction of sp³-hybridized carbons (Fsp3) is 0.933. The van der Waals surface area contributed by atoms with Gasteiger partial charge in [0.15, 0.2) is 0 Å². The van der Waals surface area contributed by atoms with Gasteiger partial charge in [0.05, 0.1) is 11.2 Å². The van der Waals surface area contributed by atoms with E-state index >= 15 is 0 Å². The number of fused-ring (bicyclic) bond motifs is 3. The number of rotatable bonds is 10. The van der Waals surface area contributed by atoms with Gasteiger partial charge in [-0.1, -0.05) is 71.4 Å². The van der Waals surface area contributed by atoms with Crippen molar-refractivity contribution in [2.24, 2.45) is 35.0 Å². The predicted molar refractivity (Wildman–Crippen MR) is 137 cm³/mol. The van der Waals surface area contributed by atoms with Crippen LogP contribution in [0.4, 0.5) is 0 Å². The molecule has 0 saturated heterocycles. The van der Waals surface area contributed by atoms with E-state index in [0.29, 0.717) is 5.41 Å². The van der Waals surface area contributed by atoms with Gasteiger partial charge < -0.3 is 10.2 Å². The lowest BCUT2D eigenvalue weighted by molar-refractivity contribution is -0.0445. The highest BCUT2D eigenvalue weighted by molar-refractivity contribution is 5.25. The minimum Gasteiger partial charge on any atom is -0.390 e. The zero-order valence-electron chi connectivity index (χ0n) is 22.3. The van der Waals surface area contributed by atoms with E-state index in [1.807, 2.05) is 13.8 Å². The second kappa shape index (κ2) is 10.5. The van der Waals surface area contributed by atoms with Crippen LogP contribution in [0.5, 0.6) is 0 Å². The minimum absolute atomic E-state index is 0.345. The van der Waals surface area contributed by atoms with Gasteiger partial charge >= 0.3 is 0 Å². The van der Waals surface area contributed by atoms with E-state index in [1.54, 1.807) is 5.57 Å². The molecule has 32 heavy (non-hydrogen) atoms. The van der Waals surface area contributed by atoms with Crippen LogP contribution in [-0.4, -0.2) is 21.4 Å². The lowest BCUT2D eigenvalue weighted by Gasteiger charge is -2.56. The van der Waals surface area contributed by atoms with Crippen LogP contribution in [-0.2, 0) is 0 Å². The molecule has 3 aliphatic rings. The van der Waals surface area contributed by atoms with Crippen molar-refractivity contribution in [3.8, 4) is 0 Å². The Kier molecular flexibility index (Phi) is 8.63. The Morgan fingerprint density at radius 2 is 1.91 bits per heavy atom. The monoisotopic (exact) mass is 446 g/mol. The zero-order chi connectivity index (χ0) is 23.6. The first kappa shape index (κ1) is 26.3. The topological polar surface area (TPSA) is 40.5 Å². The quantitative estimate of drug-likeness (QED) is 0.333. The third kappa shape index (κ3) is 6.01. The van der Waals surface area contributed by atoms with Crippen molar-refractivity contribution in [1.29, 1.82) is 0 Å². The first-order valence-electron chi connectivity index (χ1n) is 14.2. The van der Waals surface area contributed by atoms with Crippen molar-refractivity contribution in [2.45, 2.75) is 143 Å². The molecule has 0 aliphatic heterocycles. The van der Waals surface area contributed by atoms with Gasteiger partial charge in [-0.25, -0.2) is 0 Å². The van der Waals surface area contributed by atoms with Gasteiger partial charge in [0, 0.05) is 0 Å². The molecule has 0 spiro atoms. The van der Waals surface area contributed by atoms with Crippen LogP contribution in [0.15, 0.2) is 11.6 Å². The molecule has 3 aliphatic carbocycles. The minimum atomic E-state index is -0.520. The van der Waals surface area contributed by atoms with E-state index in [1.165, 1.54) is 57.8 Å². The van der Waals surface area contributed by atoms with E-state index in [0.717, 1.165) is 61.7 Å². The molecule has 0 bridgehead atoms. The maximum Gasteiger partial charge on any atom is 0.0682 e. The standard InChI is InChI=1S/C30H54O2/c1-7-23(22(3)11-10-18-28(4,5)31)14-15-24-12-9-13-27-26(24)17-16-25-21-30(32,8-2)20-19-29(25,27)6/h16,22-24,26-27,31-32H,7-15,17-21H2,1-6H3/t22-,23-,24+,26+,27+,29+,30+/m1/s1. The smallest absolute Gasteiger partial charge is 0.0682 e. The van der Waals surface area contributed by atoms with Crippen LogP contribution < -0.4 is 0 Å². The second-order valence-corrected chi connectivity index (χ2v) is 13.0. The number of aliphatic hydroxyl groups is 2. The lowest BCUT2D eigenvalue weighted by Crippen LogP contribution is -2.48. The van der Waals surface area contributed by atoms with Crippen molar-refractivity contribution in [2.75, 3.05) is 0 Å². The molecule has 0 amide bonds. The van der Waals surface area contributed by atoms with Crippen molar-refractivity contribution in [3.05, 3.63) is 11.6 Å². The Hall–Kier alpha value is -0.340. The molecule has 2 fully saturated rings. The van der Waals surface area contributed by atoms with Crippen LogP contribution in [0.3, 0.4) is 0 Å². The highest BCUT2D eigenvalue weighted by Crippen LogP contribution is 2.60. The third-order valence-corrected chi connectivity index (χ3v) is 10.4. The molecule has 186 valence electrons. The van der Waals surface area contributed by atoms with Crippen molar-refractivity contribution >= 4 is 0 Å². The number of hydrogen-bond acceptors (Lipinski definition) is 2. The maximum atomic E-state index is 11.0. The highest BCUT2D eigenvalue weighted by Gasteiger charge is 2.51. The van der Waals surface area contributed by atoms with Gasteiger partial charge in [0.25, 0.3) is 0 Å². The summed E-state index contributed by atoms with van der Waals surface area (Å²) in [5.74, 6) is 4.20. The molecular formula is C30H54O2. The van der Waals surface area contributed by atoms with Crippen molar-refractivity contribution in [1.82, 2.24) is 0 Å². The Balaban J connectivity index is 1.59. The van der Waals surface area contributed by atoms with Gasteiger partial charge in [-0.15, -0.1) is 0 Å². The molecule has 2 heteroatoms. The SMILES string of the molecule is CC[C@H](CC[C@@H]1CCC[C@H]2[C@H]1CC=C1C[C@](O)(CC)CC[C@@]12C)[C@H](C)CCCC(C)(C)O. The summed E-state index contributed by atoms with van der Waals surface area (Å²) in [6.45, 7) is 13.4. The maximum absolute atomic E-state index is 11.0. The van der Waals surface area contributed by atoms with Gasteiger partial charge in [0.2, 0.25) is 0 Å². The second-order valence-electron chi connectivity index (χ2n) is 13.0. The number of allylic oxidation sites excluding steroid dienone is 1. The highest BCUT2D eigenvalue weighted by atomic mass is 16.3. The lowest BCUT2D eigenvalue weighted by atomic mass is 9.50. The Morgan fingerprint density at radius 3 is 2.56 bits per heavy atom. The van der Waals surface area contributed by atoms with Gasteiger partial charge in [-0.2, -0.15) is 0 Å². The molecule has 3 rings (SSSR count). The fourth-order valence-corrected chi connectivity index (χ4v) is 7.88. The molecule has 2 saturated carbocycles. The summed E-state index contributed by atoms with van der Waals surface area (Å²) in [6, 6.07) is 0. The molecule has 0 radical (unpaired) electrons. The van der Waals surface area contributed by atoms with Gasteiger partial charge in [-0.3, -0.25) is 0 Å². The molecule has 2 N–H and O–H groups in total. The molecule has 0 aromatic rings. The van der Waals surface area contributed by atoms with Crippen LogP contribution in [0.25, 0.3) is 0 Å². The Bertz CT molecular complexity index is 631. The Labute approximate surface area is 199 Å². The normalized spacial score (nSPS) is 37.2. The predicted octanol–water partition coefficient (Wildman–Crippen LogP) is 8.06. The first-order valence-corrected chi connectivity index (χ1v) is 14.2. The largest absolute Gasteiger partial charge is 0.390 e. The summed E-state index contributed by atoms with van der Waals surface area (Å²) >= 11 is 0. The average Bonchev–Trinajstić information content (AvgIpc) is 2.74. The van der Waals surface area contributed by atoms with Crippen molar-refractivity contribution in [3.63, 3.8) is 0 Å². The molecule has 0 aromatic heterocycles. The molecule has 2 nitrogen and oxygen atoms in total. The summed E-state index contributed by atoms with van der Waals surface area (Å²) < 4.78 is 0. The molecule has 0 unspecified atom stereocenters. The zero-order valence-corrected chi connectivity index (χ0v) is 22.3. The van der Waals surface area contributed by atoms with Crippen LogP contribution in [0.1, 0.15) is 131 Å². The molecule has 7 atom stereocenters.